The van der Waals surface area contributed by atoms with Crippen molar-refractivity contribution < 1.29 is 4.79 Å². The van der Waals surface area contributed by atoms with Crippen LogP contribution in [0.1, 0.15) is 19.4 Å². The second-order valence-electron chi connectivity index (χ2n) is 4.00. The third-order valence-electron chi connectivity index (χ3n) is 2.60. The molecule has 3 N–H and O–H groups in total. The monoisotopic (exact) mass is 247 g/mol. The SMILES string of the molecule is CCN(C)C(=O)C(C)Nc1ncc(N)cc1C#N. The van der Waals surface area contributed by atoms with Gasteiger partial charge in [-0.3, -0.25) is 4.79 Å². The van der Waals surface area contributed by atoms with Gasteiger partial charge in [-0.25, -0.2) is 4.98 Å². The number of aromatic nitrogens is 1. The summed E-state index contributed by atoms with van der Waals surface area (Å²) in [6.07, 6.45) is 1.45. The standard InChI is InChI=1S/C12H17N5O/c1-4-17(3)12(18)8(2)16-11-9(6-13)5-10(14)7-15-11/h5,7-8H,4,14H2,1-3H3,(H,15,16). The van der Waals surface area contributed by atoms with Crippen molar-refractivity contribution in [3.8, 4) is 6.07 Å². The summed E-state index contributed by atoms with van der Waals surface area (Å²) in [5.41, 5.74) is 6.29. The minimum Gasteiger partial charge on any atom is -0.397 e. The van der Waals surface area contributed by atoms with Gasteiger partial charge >= 0.3 is 0 Å². The van der Waals surface area contributed by atoms with Crippen molar-refractivity contribution in [3.63, 3.8) is 0 Å². The molecule has 0 saturated carbocycles. The molecule has 18 heavy (non-hydrogen) atoms. The average molecular weight is 247 g/mol. The van der Waals surface area contributed by atoms with Crippen LogP contribution in [0.5, 0.6) is 0 Å². The Morgan fingerprint density at radius 3 is 2.94 bits per heavy atom. The maximum absolute atomic E-state index is 11.9. The quantitative estimate of drug-likeness (QED) is 0.821. The van der Waals surface area contributed by atoms with Crippen LogP contribution in [0.3, 0.4) is 0 Å². The molecule has 0 bridgehead atoms. The molecule has 0 aromatic carbocycles. The second kappa shape index (κ2) is 5.87. The topological polar surface area (TPSA) is 95.0 Å². The van der Waals surface area contributed by atoms with Crippen LogP contribution in [0.2, 0.25) is 0 Å². The summed E-state index contributed by atoms with van der Waals surface area (Å²) in [5.74, 6) is 0.317. The number of nitrogens with zero attached hydrogens (tertiary/aromatic N) is 3. The second-order valence-corrected chi connectivity index (χ2v) is 4.00. The van der Waals surface area contributed by atoms with E-state index >= 15 is 0 Å². The van der Waals surface area contributed by atoms with Gasteiger partial charge in [-0.05, 0) is 19.9 Å². The molecule has 1 aromatic heterocycles. The highest BCUT2D eigenvalue weighted by Gasteiger charge is 2.17. The Kier molecular flexibility index (Phi) is 4.49. The first-order chi connectivity index (χ1) is 8.49. The van der Waals surface area contributed by atoms with Crippen LogP contribution in [0.15, 0.2) is 12.3 Å². The van der Waals surface area contributed by atoms with Crippen molar-refractivity contribution in [2.75, 3.05) is 24.6 Å². The van der Waals surface area contributed by atoms with Crippen molar-refractivity contribution >= 4 is 17.4 Å². The molecule has 1 aromatic rings. The van der Waals surface area contributed by atoms with E-state index in [9.17, 15) is 4.79 Å². The van der Waals surface area contributed by atoms with Crippen LogP contribution < -0.4 is 11.1 Å². The number of carbonyl (C=O) groups is 1. The van der Waals surface area contributed by atoms with Gasteiger partial charge < -0.3 is 16.0 Å². The predicted molar refractivity (Wildman–Crippen MR) is 69.8 cm³/mol. The Balaban J connectivity index is 2.85. The Morgan fingerprint density at radius 2 is 2.39 bits per heavy atom. The number of nitrogens with one attached hydrogen (secondary N) is 1. The van der Waals surface area contributed by atoms with Gasteiger partial charge in [-0.1, -0.05) is 0 Å². The summed E-state index contributed by atoms with van der Waals surface area (Å²) in [7, 11) is 1.72. The fraction of sp³-hybridized carbons (Fsp3) is 0.417. The van der Waals surface area contributed by atoms with E-state index in [0.29, 0.717) is 23.6 Å². The summed E-state index contributed by atoms with van der Waals surface area (Å²) in [5, 5.41) is 11.9. The number of pyridine rings is 1. The van der Waals surface area contributed by atoms with Gasteiger partial charge in [0.1, 0.15) is 17.9 Å². The molecular weight excluding hydrogens is 230 g/mol. The van der Waals surface area contributed by atoms with Crippen LogP contribution >= 0.6 is 0 Å². The van der Waals surface area contributed by atoms with Crippen molar-refractivity contribution in [3.05, 3.63) is 17.8 Å². The van der Waals surface area contributed by atoms with Crippen LogP contribution in [-0.2, 0) is 4.79 Å². The summed E-state index contributed by atoms with van der Waals surface area (Å²) in [4.78, 5) is 17.5. The fourth-order valence-corrected chi connectivity index (χ4v) is 1.43. The van der Waals surface area contributed by atoms with Gasteiger partial charge in [-0.15, -0.1) is 0 Å². The van der Waals surface area contributed by atoms with E-state index in [0.717, 1.165) is 0 Å². The van der Waals surface area contributed by atoms with E-state index < -0.39 is 6.04 Å². The number of likely N-dealkylation sites (N-methyl/N-ethyl adjacent to an activating group) is 1. The maximum atomic E-state index is 11.9. The number of rotatable bonds is 4. The first-order valence-electron chi connectivity index (χ1n) is 5.66. The highest BCUT2D eigenvalue weighted by molar-refractivity contribution is 5.84. The third kappa shape index (κ3) is 3.10. The van der Waals surface area contributed by atoms with Gasteiger partial charge in [0.15, 0.2) is 0 Å². The number of nitrogens with two attached hydrogens (primary N) is 1. The first-order valence-corrected chi connectivity index (χ1v) is 5.66. The molecule has 0 radical (unpaired) electrons. The average Bonchev–Trinajstić information content (AvgIpc) is 2.38. The third-order valence-corrected chi connectivity index (χ3v) is 2.60. The smallest absolute Gasteiger partial charge is 0.244 e. The molecule has 0 saturated heterocycles. The molecule has 1 amide bonds. The van der Waals surface area contributed by atoms with Crippen LogP contribution in [0.25, 0.3) is 0 Å². The van der Waals surface area contributed by atoms with Crippen molar-refractivity contribution in [2.24, 2.45) is 0 Å². The van der Waals surface area contributed by atoms with Crippen LogP contribution in [0, 0.1) is 11.3 Å². The summed E-state index contributed by atoms with van der Waals surface area (Å²) >= 11 is 0. The lowest BCUT2D eigenvalue weighted by atomic mass is 10.2. The molecule has 1 atom stereocenters. The number of carbonyl (C=O) groups excluding carboxylic acids is 1. The number of nitriles is 1. The summed E-state index contributed by atoms with van der Waals surface area (Å²) in [6.45, 7) is 4.26. The first kappa shape index (κ1) is 13.8. The highest BCUT2D eigenvalue weighted by Crippen LogP contribution is 2.15. The molecule has 6 heteroatoms. The Labute approximate surface area is 106 Å². The molecule has 0 spiro atoms. The highest BCUT2D eigenvalue weighted by atomic mass is 16.2. The fourth-order valence-electron chi connectivity index (χ4n) is 1.43. The zero-order valence-electron chi connectivity index (χ0n) is 10.8. The van der Waals surface area contributed by atoms with Crippen molar-refractivity contribution in [1.29, 1.82) is 5.26 Å². The Morgan fingerprint density at radius 1 is 1.72 bits per heavy atom. The number of nitrogen functional groups attached to an aromatic ring is 1. The lowest BCUT2D eigenvalue weighted by molar-refractivity contribution is -0.130. The molecule has 6 nitrogen and oxygen atoms in total. The molecule has 0 aliphatic rings. The predicted octanol–water partition coefficient (Wildman–Crippen LogP) is 0.814. The van der Waals surface area contributed by atoms with E-state index in [-0.39, 0.29) is 5.91 Å². The molecule has 1 rings (SSSR count). The zero-order chi connectivity index (χ0) is 13.7. The van der Waals surface area contributed by atoms with E-state index in [4.69, 9.17) is 11.0 Å². The molecular formula is C12H17N5O. The number of anilines is 2. The van der Waals surface area contributed by atoms with Crippen molar-refractivity contribution in [1.82, 2.24) is 9.88 Å². The van der Waals surface area contributed by atoms with Gasteiger partial charge in [0.05, 0.1) is 17.4 Å². The normalized spacial score (nSPS) is 11.4. The lowest BCUT2D eigenvalue weighted by Crippen LogP contribution is -2.39. The van der Waals surface area contributed by atoms with Gasteiger partial charge in [0, 0.05) is 13.6 Å². The van der Waals surface area contributed by atoms with Gasteiger partial charge in [-0.2, -0.15) is 5.26 Å². The molecule has 0 fully saturated rings. The molecule has 0 aliphatic heterocycles. The van der Waals surface area contributed by atoms with Crippen LogP contribution in [-0.4, -0.2) is 35.4 Å². The molecule has 0 aliphatic carbocycles. The molecule has 1 heterocycles. The lowest BCUT2D eigenvalue weighted by Gasteiger charge is -2.21. The Hall–Kier alpha value is -2.29. The van der Waals surface area contributed by atoms with E-state index in [1.54, 1.807) is 18.9 Å². The minimum atomic E-state index is -0.446. The summed E-state index contributed by atoms with van der Waals surface area (Å²) in [6, 6.07) is 3.07. The Bertz CT molecular complexity index is 480. The zero-order valence-corrected chi connectivity index (χ0v) is 10.8. The van der Waals surface area contributed by atoms with Crippen molar-refractivity contribution in [2.45, 2.75) is 19.9 Å². The summed E-state index contributed by atoms with van der Waals surface area (Å²) < 4.78 is 0. The number of hydrogen-bond donors (Lipinski definition) is 2. The largest absolute Gasteiger partial charge is 0.397 e. The van der Waals surface area contributed by atoms with E-state index in [1.807, 2.05) is 13.0 Å². The molecule has 1 unspecified atom stereocenters. The van der Waals surface area contributed by atoms with Gasteiger partial charge in [0.2, 0.25) is 5.91 Å². The number of amides is 1. The van der Waals surface area contributed by atoms with E-state index in [1.165, 1.54) is 12.3 Å². The van der Waals surface area contributed by atoms with Crippen LogP contribution in [0.4, 0.5) is 11.5 Å². The number of hydrogen-bond acceptors (Lipinski definition) is 5. The maximum Gasteiger partial charge on any atom is 0.244 e. The van der Waals surface area contributed by atoms with E-state index in [2.05, 4.69) is 10.3 Å². The molecule has 96 valence electrons. The minimum absolute atomic E-state index is 0.0555. The van der Waals surface area contributed by atoms with Gasteiger partial charge in [0.25, 0.3) is 0 Å².